The second-order valence-electron chi connectivity index (χ2n) is 7.84. The minimum absolute atomic E-state index is 0.0444. The fraction of sp³-hybridized carbons (Fsp3) is 0.261. The summed E-state index contributed by atoms with van der Waals surface area (Å²) in [5, 5.41) is 14.2. The van der Waals surface area contributed by atoms with Crippen LogP contribution in [-0.2, 0) is 11.3 Å². The highest BCUT2D eigenvalue weighted by molar-refractivity contribution is 6.30. The topological polar surface area (TPSA) is 84.7 Å². The Balaban J connectivity index is 1.64. The van der Waals surface area contributed by atoms with Gasteiger partial charge in [-0.25, -0.2) is 4.79 Å². The van der Waals surface area contributed by atoms with E-state index in [1.165, 1.54) is 21.7 Å². The van der Waals surface area contributed by atoms with Crippen molar-refractivity contribution in [1.29, 1.82) is 0 Å². The molecule has 1 aromatic heterocycles. The number of ether oxygens (including phenoxy) is 1. The summed E-state index contributed by atoms with van der Waals surface area (Å²) in [6, 6.07) is 13.8. The third-order valence-electron chi connectivity index (χ3n) is 5.28. The molecule has 178 valence electrons. The number of nitrogens with zero attached hydrogens (tertiary/aromatic N) is 3. The molecular weight excluding hydrogens is 475 g/mol. The number of hydrogen-bond donors (Lipinski definition) is 1. The second-order valence-corrected chi connectivity index (χ2v) is 8.28. The molecule has 2 heterocycles. The number of fused-ring (bicyclic) bond motifs is 1. The summed E-state index contributed by atoms with van der Waals surface area (Å²) < 4.78 is 44.2. The van der Waals surface area contributed by atoms with E-state index in [1.54, 1.807) is 42.5 Å². The quantitative estimate of drug-likeness (QED) is 0.516. The van der Waals surface area contributed by atoms with Gasteiger partial charge in [0.2, 0.25) is 0 Å². The standard InChI is InChI=1S/C23H19ClF3N3O4/c24-17-6-4-15(5-7-17)19-9-20-21(31)29(10-14-2-1-3-16(8-14)22(32)33)11-18(30(20)28-19)12-34-13-23(25,26)27/h1-9,18H,10-13H2,(H,32,33). The number of carboxylic acids is 1. The van der Waals surface area contributed by atoms with Crippen molar-refractivity contribution < 1.29 is 32.6 Å². The molecule has 2 aromatic carbocycles. The molecule has 1 aliphatic heterocycles. The molecule has 0 aliphatic carbocycles. The molecule has 1 N–H and O–H groups in total. The Labute approximate surface area is 197 Å². The summed E-state index contributed by atoms with van der Waals surface area (Å²) in [5.74, 6) is -1.48. The lowest BCUT2D eigenvalue weighted by Crippen LogP contribution is -2.44. The maximum absolute atomic E-state index is 13.2. The monoisotopic (exact) mass is 493 g/mol. The molecule has 3 aromatic rings. The van der Waals surface area contributed by atoms with Crippen LogP contribution in [0.15, 0.2) is 54.6 Å². The summed E-state index contributed by atoms with van der Waals surface area (Å²) in [4.78, 5) is 25.9. The van der Waals surface area contributed by atoms with Crippen molar-refractivity contribution >= 4 is 23.5 Å². The molecule has 1 aliphatic rings. The van der Waals surface area contributed by atoms with E-state index in [2.05, 4.69) is 5.10 Å². The Morgan fingerprint density at radius 1 is 1.18 bits per heavy atom. The summed E-state index contributed by atoms with van der Waals surface area (Å²) in [6.45, 7) is -1.61. The molecule has 11 heteroatoms. The molecule has 0 spiro atoms. The molecular formula is C23H19ClF3N3O4. The summed E-state index contributed by atoms with van der Waals surface area (Å²) in [7, 11) is 0. The average Bonchev–Trinajstić information content (AvgIpc) is 3.22. The Kier molecular flexibility index (Phi) is 6.63. The van der Waals surface area contributed by atoms with Gasteiger partial charge in [0.15, 0.2) is 0 Å². The molecule has 0 fully saturated rings. The van der Waals surface area contributed by atoms with Crippen LogP contribution in [0.3, 0.4) is 0 Å². The van der Waals surface area contributed by atoms with Crippen molar-refractivity contribution in [3.63, 3.8) is 0 Å². The fourth-order valence-electron chi connectivity index (χ4n) is 3.76. The van der Waals surface area contributed by atoms with Gasteiger partial charge in [-0.3, -0.25) is 9.48 Å². The van der Waals surface area contributed by atoms with Crippen LogP contribution in [0.1, 0.15) is 32.5 Å². The van der Waals surface area contributed by atoms with Gasteiger partial charge in [-0.1, -0.05) is 35.9 Å². The van der Waals surface area contributed by atoms with E-state index in [0.717, 1.165) is 0 Å². The van der Waals surface area contributed by atoms with Gasteiger partial charge in [0.05, 0.1) is 23.9 Å². The SMILES string of the molecule is O=C(O)c1cccc(CN2CC(COCC(F)(F)F)n3nc(-c4ccc(Cl)cc4)cc3C2=O)c1. The van der Waals surface area contributed by atoms with Gasteiger partial charge in [-0.05, 0) is 35.9 Å². The van der Waals surface area contributed by atoms with Crippen molar-refractivity contribution in [2.45, 2.75) is 18.8 Å². The van der Waals surface area contributed by atoms with Gasteiger partial charge < -0.3 is 14.7 Å². The molecule has 0 saturated heterocycles. The maximum Gasteiger partial charge on any atom is 0.411 e. The van der Waals surface area contributed by atoms with Gasteiger partial charge in [0, 0.05) is 23.7 Å². The average molecular weight is 494 g/mol. The number of carbonyl (C=O) groups excluding carboxylic acids is 1. The third-order valence-corrected chi connectivity index (χ3v) is 5.53. The maximum atomic E-state index is 13.2. The molecule has 0 saturated carbocycles. The molecule has 1 unspecified atom stereocenters. The van der Waals surface area contributed by atoms with Crippen molar-refractivity contribution in [1.82, 2.24) is 14.7 Å². The minimum Gasteiger partial charge on any atom is -0.478 e. The number of amides is 1. The van der Waals surface area contributed by atoms with E-state index in [9.17, 15) is 27.9 Å². The zero-order chi connectivity index (χ0) is 24.5. The first-order valence-electron chi connectivity index (χ1n) is 10.2. The number of carbonyl (C=O) groups is 2. The van der Waals surface area contributed by atoms with Gasteiger partial charge in [0.25, 0.3) is 5.91 Å². The van der Waals surface area contributed by atoms with Crippen molar-refractivity contribution in [3.8, 4) is 11.3 Å². The summed E-state index contributed by atoms with van der Waals surface area (Å²) in [5.41, 5.74) is 2.01. The van der Waals surface area contributed by atoms with E-state index in [-0.39, 0.29) is 36.9 Å². The number of rotatable bonds is 7. The van der Waals surface area contributed by atoms with Crippen LogP contribution >= 0.6 is 11.6 Å². The van der Waals surface area contributed by atoms with Crippen molar-refractivity contribution in [2.24, 2.45) is 0 Å². The predicted molar refractivity (Wildman–Crippen MR) is 117 cm³/mol. The highest BCUT2D eigenvalue weighted by atomic mass is 35.5. The molecule has 0 bridgehead atoms. The van der Waals surface area contributed by atoms with Gasteiger partial charge in [0.1, 0.15) is 12.3 Å². The molecule has 0 radical (unpaired) electrons. The predicted octanol–water partition coefficient (Wildman–Crippen LogP) is 4.68. The van der Waals surface area contributed by atoms with Gasteiger partial charge in [-0.15, -0.1) is 0 Å². The Morgan fingerprint density at radius 2 is 1.91 bits per heavy atom. The highest BCUT2D eigenvalue weighted by Gasteiger charge is 2.35. The molecule has 1 atom stereocenters. The van der Waals surface area contributed by atoms with Crippen molar-refractivity contribution in [2.75, 3.05) is 19.8 Å². The van der Waals surface area contributed by atoms with Gasteiger partial charge in [-0.2, -0.15) is 18.3 Å². The number of aromatic nitrogens is 2. The number of carboxylic acid groups (broad SMARTS) is 1. The Morgan fingerprint density at radius 3 is 2.59 bits per heavy atom. The zero-order valence-corrected chi connectivity index (χ0v) is 18.4. The lowest BCUT2D eigenvalue weighted by atomic mass is 10.1. The molecule has 34 heavy (non-hydrogen) atoms. The third kappa shape index (κ3) is 5.40. The Bertz CT molecular complexity index is 1210. The normalized spacial score (nSPS) is 15.9. The van der Waals surface area contributed by atoms with Crippen LogP contribution in [-0.4, -0.2) is 57.6 Å². The molecule has 7 nitrogen and oxygen atoms in total. The molecule has 1 amide bonds. The highest BCUT2D eigenvalue weighted by Crippen LogP contribution is 2.29. The Hall–Kier alpha value is -3.37. The van der Waals surface area contributed by atoms with Crippen LogP contribution < -0.4 is 0 Å². The number of hydrogen-bond acceptors (Lipinski definition) is 4. The van der Waals surface area contributed by atoms with Crippen LogP contribution in [0.25, 0.3) is 11.3 Å². The van der Waals surface area contributed by atoms with Crippen LogP contribution in [0, 0.1) is 0 Å². The second kappa shape index (κ2) is 9.47. The van der Waals surface area contributed by atoms with Crippen LogP contribution in [0.2, 0.25) is 5.02 Å². The van der Waals surface area contributed by atoms with Crippen LogP contribution in [0.4, 0.5) is 13.2 Å². The first-order valence-corrected chi connectivity index (χ1v) is 10.6. The lowest BCUT2D eigenvalue weighted by Gasteiger charge is -2.33. The molecule has 4 rings (SSSR count). The van der Waals surface area contributed by atoms with E-state index in [4.69, 9.17) is 16.3 Å². The zero-order valence-electron chi connectivity index (χ0n) is 17.6. The van der Waals surface area contributed by atoms with Crippen molar-refractivity contribution in [3.05, 3.63) is 76.4 Å². The first kappa shape index (κ1) is 23.8. The van der Waals surface area contributed by atoms with Gasteiger partial charge >= 0.3 is 12.1 Å². The largest absolute Gasteiger partial charge is 0.478 e. The van der Waals surface area contributed by atoms with E-state index >= 15 is 0 Å². The minimum atomic E-state index is -4.48. The smallest absolute Gasteiger partial charge is 0.411 e. The first-order chi connectivity index (χ1) is 16.1. The number of halogens is 4. The summed E-state index contributed by atoms with van der Waals surface area (Å²) in [6.07, 6.45) is -4.48. The van der Waals surface area contributed by atoms with E-state index < -0.39 is 24.8 Å². The number of benzene rings is 2. The van der Waals surface area contributed by atoms with E-state index in [1.807, 2.05) is 0 Å². The van der Waals surface area contributed by atoms with Crippen LogP contribution in [0.5, 0.6) is 0 Å². The summed E-state index contributed by atoms with van der Waals surface area (Å²) >= 11 is 5.94. The number of alkyl halides is 3. The van der Waals surface area contributed by atoms with E-state index in [0.29, 0.717) is 21.8 Å². The fourth-order valence-corrected chi connectivity index (χ4v) is 3.89. The number of aromatic carboxylic acids is 1. The lowest BCUT2D eigenvalue weighted by molar-refractivity contribution is -0.176.